The summed E-state index contributed by atoms with van der Waals surface area (Å²) in [5, 5.41) is 0. The Morgan fingerprint density at radius 1 is 1.16 bits per heavy atom. The molecule has 0 saturated heterocycles. The normalized spacial score (nSPS) is 10.2. The largest absolute Gasteiger partial charge is 0.489 e. The number of anilines is 1. The molecule has 98 valence electrons. The first-order valence-corrected chi connectivity index (χ1v) is 6.43. The van der Waals surface area contributed by atoms with Crippen LogP contribution >= 0.6 is 15.9 Å². The van der Waals surface area contributed by atoms with Gasteiger partial charge in [-0.15, -0.1) is 0 Å². The van der Waals surface area contributed by atoms with E-state index in [1.54, 1.807) is 24.3 Å². The minimum absolute atomic E-state index is 0.350. The van der Waals surface area contributed by atoms with E-state index in [4.69, 9.17) is 16.2 Å². The van der Waals surface area contributed by atoms with Gasteiger partial charge in [-0.05, 0) is 36.4 Å². The van der Waals surface area contributed by atoms with Crippen molar-refractivity contribution in [2.45, 2.75) is 6.61 Å². The molecule has 0 fully saturated rings. The number of amides is 1. The van der Waals surface area contributed by atoms with Crippen molar-refractivity contribution in [3.05, 3.63) is 58.1 Å². The molecule has 4 nitrogen and oxygen atoms in total. The maximum atomic E-state index is 10.9. The molecule has 0 aliphatic rings. The predicted molar refractivity (Wildman–Crippen MR) is 77.8 cm³/mol. The number of nitrogen functional groups attached to an aromatic ring is 1. The summed E-state index contributed by atoms with van der Waals surface area (Å²) in [6.07, 6.45) is 0. The number of benzene rings is 2. The fourth-order valence-corrected chi connectivity index (χ4v) is 2.09. The summed E-state index contributed by atoms with van der Waals surface area (Å²) in [7, 11) is 0. The molecule has 0 unspecified atom stereocenters. The zero-order chi connectivity index (χ0) is 13.8. The maximum absolute atomic E-state index is 10.9. The molecule has 0 heterocycles. The van der Waals surface area contributed by atoms with Crippen molar-refractivity contribution in [1.29, 1.82) is 0 Å². The molecule has 2 aromatic carbocycles. The van der Waals surface area contributed by atoms with Crippen LogP contribution in [0, 0.1) is 0 Å². The van der Waals surface area contributed by atoms with Gasteiger partial charge in [0.05, 0.1) is 0 Å². The van der Waals surface area contributed by atoms with Crippen LogP contribution in [0.2, 0.25) is 0 Å². The van der Waals surface area contributed by atoms with Crippen LogP contribution in [-0.2, 0) is 6.61 Å². The molecule has 0 bridgehead atoms. The number of primary amides is 1. The Bertz CT molecular complexity index is 577. The van der Waals surface area contributed by atoms with Crippen LogP contribution < -0.4 is 16.2 Å². The van der Waals surface area contributed by atoms with E-state index in [1.165, 1.54) is 0 Å². The van der Waals surface area contributed by atoms with E-state index < -0.39 is 5.91 Å². The van der Waals surface area contributed by atoms with Gasteiger partial charge < -0.3 is 16.2 Å². The van der Waals surface area contributed by atoms with E-state index in [9.17, 15) is 4.79 Å². The second-order valence-electron chi connectivity index (χ2n) is 3.98. The summed E-state index contributed by atoms with van der Waals surface area (Å²) in [6.45, 7) is 0.350. The van der Waals surface area contributed by atoms with Crippen molar-refractivity contribution in [2.24, 2.45) is 5.73 Å². The van der Waals surface area contributed by atoms with Gasteiger partial charge in [0.15, 0.2) is 0 Å². The van der Waals surface area contributed by atoms with Crippen LogP contribution in [0.5, 0.6) is 5.75 Å². The fourth-order valence-electron chi connectivity index (χ4n) is 1.60. The molecular weight excluding hydrogens is 308 g/mol. The van der Waals surface area contributed by atoms with E-state index in [-0.39, 0.29) is 0 Å². The van der Waals surface area contributed by atoms with Gasteiger partial charge in [0.2, 0.25) is 5.91 Å². The number of carbonyl (C=O) groups excluding carboxylic acids is 1. The third-order valence-corrected chi connectivity index (χ3v) is 3.42. The number of carbonyl (C=O) groups is 1. The van der Waals surface area contributed by atoms with Crippen molar-refractivity contribution in [2.75, 3.05) is 5.73 Å². The van der Waals surface area contributed by atoms with Crippen LogP contribution in [0.1, 0.15) is 15.9 Å². The van der Waals surface area contributed by atoms with Gasteiger partial charge in [-0.25, -0.2) is 0 Å². The first-order chi connectivity index (χ1) is 9.08. The third kappa shape index (κ3) is 3.26. The molecule has 2 rings (SSSR count). The lowest BCUT2D eigenvalue weighted by atomic mass is 10.2. The Kier molecular flexibility index (Phi) is 4.06. The van der Waals surface area contributed by atoms with Crippen molar-refractivity contribution < 1.29 is 9.53 Å². The first-order valence-electron chi connectivity index (χ1n) is 5.63. The summed E-state index contributed by atoms with van der Waals surface area (Å²) < 4.78 is 6.53. The van der Waals surface area contributed by atoms with E-state index in [0.29, 0.717) is 23.6 Å². The second kappa shape index (κ2) is 5.75. The standard InChI is InChI=1S/C14H13BrN2O2/c15-12-2-1-3-13(16)11(12)8-19-10-6-4-9(5-7-10)14(17)18/h1-7H,8,16H2,(H2,17,18). The molecule has 0 spiro atoms. The summed E-state index contributed by atoms with van der Waals surface area (Å²) in [5.74, 6) is 0.196. The Morgan fingerprint density at radius 2 is 1.84 bits per heavy atom. The lowest BCUT2D eigenvalue weighted by Gasteiger charge is -2.10. The first kappa shape index (κ1) is 13.4. The van der Waals surface area contributed by atoms with Crippen molar-refractivity contribution in [1.82, 2.24) is 0 Å². The van der Waals surface area contributed by atoms with E-state index in [2.05, 4.69) is 15.9 Å². The highest BCUT2D eigenvalue weighted by Crippen LogP contribution is 2.24. The lowest BCUT2D eigenvalue weighted by Crippen LogP contribution is -2.10. The second-order valence-corrected chi connectivity index (χ2v) is 4.84. The van der Waals surface area contributed by atoms with Gasteiger partial charge in [0, 0.05) is 21.3 Å². The van der Waals surface area contributed by atoms with Crippen molar-refractivity contribution in [3.63, 3.8) is 0 Å². The zero-order valence-corrected chi connectivity index (χ0v) is 11.7. The van der Waals surface area contributed by atoms with Crippen molar-refractivity contribution in [3.8, 4) is 5.75 Å². The predicted octanol–water partition coefficient (Wildman–Crippen LogP) is 2.71. The van der Waals surface area contributed by atoms with Crippen LogP contribution in [0.15, 0.2) is 46.9 Å². The number of hydrogen-bond acceptors (Lipinski definition) is 3. The summed E-state index contributed by atoms with van der Waals surface area (Å²) >= 11 is 3.43. The monoisotopic (exact) mass is 320 g/mol. The van der Waals surface area contributed by atoms with Crippen LogP contribution in [0.25, 0.3) is 0 Å². The zero-order valence-electron chi connectivity index (χ0n) is 10.1. The molecule has 0 aliphatic heterocycles. The quantitative estimate of drug-likeness (QED) is 0.850. The SMILES string of the molecule is NC(=O)c1ccc(OCc2c(N)cccc2Br)cc1. The molecular formula is C14H13BrN2O2. The minimum atomic E-state index is -0.457. The Morgan fingerprint density at radius 3 is 2.42 bits per heavy atom. The smallest absolute Gasteiger partial charge is 0.248 e. The highest BCUT2D eigenvalue weighted by molar-refractivity contribution is 9.10. The maximum Gasteiger partial charge on any atom is 0.248 e. The van der Waals surface area contributed by atoms with Gasteiger partial charge in [0.1, 0.15) is 12.4 Å². The number of rotatable bonds is 4. The van der Waals surface area contributed by atoms with Gasteiger partial charge in [-0.2, -0.15) is 0 Å². The average Bonchev–Trinajstić information content (AvgIpc) is 2.38. The Hall–Kier alpha value is -2.01. The highest BCUT2D eigenvalue weighted by atomic mass is 79.9. The summed E-state index contributed by atoms with van der Waals surface area (Å²) in [4.78, 5) is 10.9. The molecule has 2 aromatic rings. The molecule has 5 heteroatoms. The number of nitrogens with two attached hydrogens (primary N) is 2. The Balaban J connectivity index is 2.08. The molecule has 0 aliphatic carbocycles. The van der Waals surface area contributed by atoms with E-state index in [0.717, 1.165) is 10.0 Å². The van der Waals surface area contributed by atoms with Crippen LogP contribution in [0.4, 0.5) is 5.69 Å². The van der Waals surface area contributed by atoms with Crippen LogP contribution in [-0.4, -0.2) is 5.91 Å². The van der Waals surface area contributed by atoms with Gasteiger partial charge >= 0.3 is 0 Å². The number of halogens is 1. The fraction of sp³-hybridized carbons (Fsp3) is 0.0714. The molecule has 4 N–H and O–H groups in total. The molecule has 0 aromatic heterocycles. The highest BCUT2D eigenvalue weighted by Gasteiger charge is 2.05. The van der Waals surface area contributed by atoms with Crippen molar-refractivity contribution >= 4 is 27.5 Å². The number of hydrogen-bond donors (Lipinski definition) is 2. The molecule has 1 amide bonds. The number of ether oxygens (including phenoxy) is 1. The van der Waals surface area contributed by atoms with Gasteiger partial charge in [-0.1, -0.05) is 22.0 Å². The molecule has 0 atom stereocenters. The molecule has 19 heavy (non-hydrogen) atoms. The lowest BCUT2D eigenvalue weighted by molar-refractivity contribution is 0.100. The minimum Gasteiger partial charge on any atom is -0.489 e. The van der Waals surface area contributed by atoms with Gasteiger partial charge in [-0.3, -0.25) is 4.79 Å². The van der Waals surface area contributed by atoms with E-state index in [1.807, 2.05) is 18.2 Å². The summed E-state index contributed by atoms with van der Waals surface area (Å²) in [5.41, 5.74) is 13.1. The average molecular weight is 321 g/mol. The van der Waals surface area contributed by atoms with Gasteiger partial charge in [0.25, 0.3) is 0 Å². The summed E-state index contributed by atoms with van der Waals surface area (Å²) in [6, 6.07) is 12.2. The third-order valence-electron chi connectivity index (χ3n) is 2.68. The van der Waals surface area contributed by atoms with Crippen LogP contribution in [0.3, 0.4) is 0 Å². The Labute approximate surface area is 119 Å². The topological polar surface area (TPSA) is 78.3 Å². The van der Waals surface area contributed by atoms with E-state index >= 15 is 0 Å². The molecule has 0 saturated carbocycles. The molecule has 0 radical (unpaired) electrons.